The van der Waals surface area contributed by atoms with Gasteiger partial charge >= 0.3 is 5.97 Å². The molecule has 0 saturated carbocycles. The molecule has 2 rings (SSSR count). The number of hydrogen-bond acceptors (Lipinski definition) is 3. The number of hydrogen-bond donors (Lipinski definition) is 0. The monoisotopic (exact) mass is 164 g/mol. The van der Waals surface area contributed by atoms with E-state index in [1.165, 1.54) is 0 Å². The first-order valence-corrected chi connectivity index (χ1v) is 3.42. The molecule has 0 N–H and O–H groups in total. The lowest BCUT2D eigenvalue weighted by atomic mass is 10.1. The Morgan fingerprint density at radius 2 is 1.92 bits per heavy atom. The highest BCUT2D eigenvalue weighted by Crippen LogP contribution is 2.17. The van der Waals surface area contributed by atoms with Crippen LogP contribution in [0.3, 0.4) is 0 Å². The highest BCUT2D eigenvalue weighted by Gasteiger charge is 2.18. The molecule has 3 nitrogen and oxygen atoms in total. The third-order valence-corrected chi connectivity index (χ3v) is 1.60. The van der Waals surface area contributed by atoms with E-state index in [-0.39, 0.29) is 5.97 Å². The van der Waals surface area contributed by atoms with E-state index in [0.29, 0.717) is 12.2 Å². The molecule has 0 fully saturated rings. The van der Waals surface area contributed by atoms with Crippen LogP contribution in [0.25, 0.3) is 0 Å². The van der Waals surface area contributed by atoms with Crippen molar-refractivity contribution in [3.05, 3.63) is 35.4 Å². The van der Waals surface area contributed by atoms with Crippen LogP contribution in [-0.4, -0.2) is 12.8 Å². The topological polar surface area (TPSA) is 43.4 Å². The number of rotatable bonds is 0. The third kappa shape index (κ3) is 1.34. The van der Waals surface area contributed by atoms with Crippen molar-refractivity contribution >= 4 is 12.8 Å². The van der Waals surface area contributed by atoms with Gasteiger partial charge in [0.1, 0.15) is 13.4 Å². The van der Waals surface area contributed by atoms with Gasteiger partial charge in [-0.25, -0.2) is 4.79 Å². The fraction of sp³-hybridized carbons (Fsp3) is 0.111. The lowest BCUT2D eigenvalue weighted by Gasteiger charge is -1.87. The van der Waals surface area contributed by atoms with Crippen molar-refractivity contribution in [1.82, 2.24) is 0 Å². The van der Waals surface area contributed by atoms with E-state index in [1.54, 1.807) is 6.07 Å². The normalized spacial score (nSPS) is 12.5. The Hall–Kier alpha value is -1.64. The summed E-state index contributed by atoms with van der Waals surface area (Å²) >= 11 is 0. The van der Waals surface area contributed by atoms with E-state index in [0.717, 1.165) is 5.56 Å². The Morgan fingerprint density at radius 1 is 1.25 bits per heavy atom. The van der Waals surface area contributed by atoms with Gasteiger partial charge in [0, 0.05) is 5.56 Å². The number of carbonyl (C=O) groups is 2. The van der Waals surface area contributed by atoms with Crippen LogP contribution in [0.2, 0.25) is 0 Å². The SMILES string of the molecule is C=O.O=C1OCc2ccccc21. The molecule has 62 valence electrons. The highest BCUT2D eigenvalue weighted by atomic mass is 16.5. The maximum atomic E-state index is 10.8. The van der Waals surface area contributed by atoms with Crippen LogP contribution < -0.4 is 0 Å². The second-order valence-electron chi connectivity index (χ2n) is 2.23. The van der Waals surface area contributed by atoms with Crippen molar-refractivity contribution in [1.29, 1.82) is 0 Å². The van der Waals surface area contributed by atoms with Crippen molar-refractivity contribution < 1.29 is 14.3 Å². The van der Waals surface area contributed by atoms with Crippen LogP contribution in [-0.2, 0) is 16.1 Å². The van der Waals surface area contributed by atoms with Crippen LogP contribution >= 0.6 is 0 Å². The molecular formula is C9H8O3. The molecule has 0 aromatic heterocycles. The summed E-state index contributed by atoms with van der Waals surface area (Å²) in [6, 6.07) is 7.43. The molecule has 0 spiro atoms. The van der Waals surface area contributed by atoms with Gasteiger partial charge in [-0.05, 0) is 6.07 Å². The zero-order chi connectivity index (χ0) is 8.97. The standard InChI is InChI=1S/C8H6O2.CH2O/c9-8-7-4-2-1-3-6(7)5-10-8;1-2/h1-4H,5H2;1H2. The summed E-state index contributed by atoms with van der Waals surface area (Å²) in [5.41, 5.74) is 1.70. The average Bonchev–Trinajstić information content (AvgIpc) is 2.53. The fourth-order valence-corrected chi connectivity index (χ4v) is 1.07. The molecule has 3 heteroatoms. The van der Waals surface area contributed by atoms with E-state index in [9.17, 15) is 4.79 Å². The molecule has 1 heterocycles. The van der Waals surface area contributed by atoms with Crippen LogP contribution in [0.4, 0.5) is 0 Å². The first kappa shape index (κ1) is 8.46. The largest absolute Gasteiger partial charge is 0.457 e. The Morgan fingerprint density at radius 3 is 2.58 bits per heavy atom. The molecule has 0 unspecified atom stereocenters. The second kappa shape index (κ2) is 3.67. The van der Waals surface area contributed by atoms with Gasteiger partial charge in [-0.3, -0.25) is 0 Å². The smallest absolute Gasteiger partial charge is 0.338 e. The molecule has 12 heavy (non-hydrogen) atoms. The third-order valence-electron chi connectivity index (χ3n) is 1.60. The minimum atomic E-state index is -0.199. The maximum Gasteiger partial charge on any atom is 0.338 e. The summed E-state index contributed by atoms with van der Waals surface area (Å²) < 4.78 is 4.78. The Labute approximate surface area is 70.0 Å². The zero-order valence-corrected chi connectivity index (χ0v) is 6.45. The highest BCUT2D eigenvalue weighted by molar-refractivity contribution is 5.93. The predicted molar refractivity (Wildman–Crippen MR) is 42.7 cm³/mol. The quantitative estimate of drug-likeness (QED) is 0.540. The van der Waals surface area contributed by atoms with Crippen molar-refractivity contribution in [3.63, 3.8) is 0 Å². The van der Waals surface area contributed by atoms with Gasteiger partial charge < -0.3 is 9.53 Å². The molecule has 1 aromatic rings. The van der Waals surface area contributed by atoms with Crippen LogP contribution in [0, 0.1) is 0 Å². The van der Waals surface area contributed by atoms with E-state index in [1.807, 2.05) is 25.0 Å². The van der Waals surface area contributed by atoms with Crippen molar-refractivity contribution in [3.8, 4) is 0 Å². The summed E-state index contributed by atoms with van der Waals surface area (Å²) in [5.74, 6) is -0.199. The van der Waals surface area contributed by atoms with E-state index in [2.05, 4.69) is 0 Å². The Balaban J connectivity index is 0.000000336. The molecule has 0 aliphatic carbocycles. The maximum absolute atomic E-state index is 10.8. The average molecular weight is 164 g/mol. The van der Waals surface area contributed by atoms with Gasteiger partial charge in [0.15, 0.2) is 0 Å². The summed E-state index contributed by atoms with van der Waals surface area (Å²) in [6.45, 7) is 2.44. The van der Waals surface area contributed by atoms with Crippen molar-refractivity contribution in [2.24, 2.45) is 0 Å². The summed E-state index contributed by atoms with van der Waals surface area (Å²) in [6.07, 6.45) is 0. The van der Waals surface area contributed by atoms with Crippen LogP contribution in [0.5, 0.6) is 0 Å². The molecule has 0 saturated heterocycles. The van der Waals surface area contributed by atoms with Gasteiger partial charge in [-0.15, -0.1) is 0 Å². The van der Waals surface area contributed by atoms with Crippen molar-refractivity contribution in [2.75, 3.05) is 0 Å². The minimum absolute atomic E-state index is 0.199. The number of cyclic esters (lactones) is 1. The summed E-state index contributed by atoms with van der Waals surface area (Å²) in [7, 11) is 0. The molecular weight excluding hydrogens is 156 g/mol. The van der Waals surface area contributed by atoms with E-state index < -0.39 is 0 Å². The molecule has 1 aliphatic rings. The van der Waals surface area contributed by atoms with Gasteiger partial charge in [-0.2, -0.15) is 0 Å². The van der Waals surface area contributed by atoms with Gasteiger partial charge in [0.2, 0.25) is 0 Å². The number of ether oxygens (including phenoxy) is 1. The lowest BCUT2D eigenvalue weighted by molar-refractivity contribution is -0.0979. The molecule has 1 aromatic carbocycles. The van der Waals surface area contributed by atoms with Crippen molar-refractivity contribution in [2.45, 2.75) is 6.61 Å². The lowest BCUT2D eigenvalue weighted by Crippen LogP contribution is -1.91. The molecule has 0 radical (unpaired) electrons. The molecule has 1 aliphatic heterocycles. The Bertz CT molecular complexity index is 294. The molecule has 0 atom stereocenters. The van der Waals surface area contributed by atoms with Crippen LogP contribution in [0.1, 0.15) is 15.9 Å². The van der Waals surface area contributed by atoms with Gasteiger partial charge in [-0.1, -0.05) is 18.2 Å². The molecule has 0 amide bonds. The molecule has 0 bridgehead atoms. The summed E-state index contributed by atoms with van der Waals surface area (Å²) in [5, 5.41) is 0. The number of benzene rings is 1. The number of carbonyl (C=O) groups excluding carboxylic acids is 2. The fourth-order valence-electron chi connectivity index (χ4n) is 1.07. The van der Waals surface area contributed by atoms with E-state index in [4.69, 9.17) is 9.53 Å². The Kier molecular flexibility index (Phi) is 2.58. The summed E-state index contributed by atoms with van der Waals surface area (Å²) in [4.78, 5) is 18.8. The minimum Gasteiger partial charge on any atom is -0.457 e. The zero-order valence-electron chi connectivity index (χ0n) is 6.45. The van der Waals surface area contributed by atoms with Gasteiger partial charge in [0.25, 0.3) is 0 Å². The van der Waals surface area contributed by atoms with Crippen LogP contribution in [0.15, 0.2) is 24.3 Å². The first-order valence-electron chi connectivity index (χ1n) is 3.42. The second-order valence-corrected chi connectivity index (χ2v) is 2.23. The number of fused-ring (bicyclic) bond motifs is 1. The predicted octanol–water partition coefficient (Wildman–Crippen LogP) is 1.17. The van der Waals surface area contributed by atoms with Gasteiger partial charge in [0.05, 0.1) is 5.56 Å². The van der Waals surface area contributed by atoms with E-state index >= 15 is 0 Å². The first-order chi connectivity index (χ1) is 5.88. The number of esters is 1.